The normalized spacial score (nSPS) is 23.7. The molecule has 0 aromatic rings. The van der Waals surface area contributed by atoms with Gasteiger partial charge >= 0.3 is 5.97 Å². The van der Waals surface area contributed by atoms with Crippen molar-refractivity contribution in [3.05, 3.63) is 0 Å². The van der Waals surface area contributed by atoms with Crippen LogP contribution in [0.5, 0.6) is 0 Å². The minimum Gasteiger partial charge on any atom is -0.460 e. The van der Waals surface area contributed by atoms with Crippen molar-refractivity contribution in [2.75, 3.05) is 52.5 Å². The van der Waals surface area contributed by atoms with E-state index in [-0.39, 0.29) is 12.6 Å². The number of carbonyl (C=O) groups is 1. The maximum Gasteiger partial charge on any atom is 0.311 e. The van der Waals surface area contributed by atoms with Crippen LogP contribution in [0.3, 0.4) is 0 Å². The van der Waals surface area contributed by atoms with Crippen LogP contribution in [0.2, 0.25) is 0 Å². The smallest absolute Gasteiger partial charge is 0.311 e. The molecule has 0 aromatic heterocycles. The zero-order valence-electron chi connectivity index (χ0n) is 12.1. The summed E-state index contributed by atoms with van der Waals surface area (Å²) in [5, 5.41) is 12.4. The number of aliphatic hydroxyl groups is 1. The first-order chi connectivity index (χ1) is 8.72. The number of likely N-dealkylation sites (N-methyl/N-ethyl adjacent to an activating group) is 1. The first-order valence-corrected chi connectivity index (χ1v) is 7.05. The standard InChI is InChI=1S/C11H23N2O3.C2H6/c1-2-12-4-6-13(7-9-14)5-3-11(15)16-10-8-13;1-2/h12,14H,2-10H2,1H3;1-2H3/q+1;. The molecule has 0 bridgehead atoms. The van der Waals surface area contributed by atoms with Crippen molar-refractivity contribution in [3.8, 4) is 0 Å². The van der Waals surface area contributed by atoms with Crippen LogP contribution in [0.1, 0.15) is 27.2 Å². The third-order valence-electron chi connectivity index (χ3n) is 3.21. The van der Waals surface area contributed by atoms with Crippen LogP contribution in [0, 0.1) is 0 Å². The first-order valence-electron chi connectivity index (χ1n) is 7.05. The summed E-state index contributed by atoms with van der Waals surface area (Å²) in [7, 11) is 0. The lowest BCUT2D eigenvalue weighted by atomic mass is 10.2. The number of rotatable bonds is 6. The summed E-state index contributed by atoms with van der Waals surface area (Å²) in [6.07, 6.45) is 0.464. The topological polar surface area (TPSA) is 58.6 Å². The van der Waals surface area contributed by atoms with Gasteiger partial charge in [-0.05, 0) is 6.54 Å². The largest absolute Gasteiger partial charge is 0.460 e. The Bertz CT molecular complexity index is 224. The minimum absolute atomic E-state index is 0.110. The summed E-state index contributed by atoms with van der Waals surface area (Å²) < 4.78 is 5.84. The summed E-state index contributed by atoms with van der Waals surface area (Å²) in [5.41, 5.74) is 0. The van der Waals surface area contributed by atoms with Crippen molar-refractivity contribution in [2.45, 2.75) is 27.2 Å². The van der Waals surface area contributed by atoms with Gasteiger partial charge in [-0.1, -0.05) is 20.8 Å². The molecule has 0 aromatic carbocycles. The summed E-state index contributed by atoms with van der Waals surface area (Å²) in [6.45, 7) is 11.9. The zero-order chi connectivity index (χ0) is 13.9. The molecule has 0 saturated carbocycles. The molecule has 0 radical (unpaired) electrons. The van der Waals surface area contributed by atoms with E-state index < -0.39 is 0 Å². The van der Waals surface area contributed by atoms with Crippen LogP contribution < -0.4 is 5.32 Å². The fourth-order valence-electron chi connectivity index (χ4n) is 2.13. The SMILES string of the molecule is CC.CCNCC[N+]1(CCO)CCOC(=O)CC1. The molecule has 18 heavy (non-hydrogen) atoms. The Kier molecular flexibility index (Phi) is 9.92. The van der Waals surface area contributed by atoms with Gasteiger partial charge in [-0.3, -0.25) is 4.79 Å². The number of nitrogens with zero attached hydrogens (tertiary/aromatic N) is 1. The van der Waals surface area contributed by atoms with E-state index in [9.17, 15) is 4.79 Å². The van der Waals surface area contributed by atoms with Crippen molar-refractivity contribution in [2.24, 2.45) is 0 Å². The van der Waals surface area contributed by atoms with Crippen LogP contribution >= 0.6 is 0 Å². The lowest BCUT2D eigenvalue weighted by molar-refractivity contribution is -0.925. The quantitative estimate of drug-likeness (QED) is 0.412. The average Bonchev–Trinajstić information content (AvgIpc) is 2.56. The van der Waals surface area contributed by atoms with Crippen molar-refractivity contribution in [3.63, 3.8) is 0 Å². The third kappa shape index (κ3) is 6.33. The molecule has 5 heteroatoms. The number of cyclic esters (lactones) is 1. The van der Waals surface area contributed by atoms with Gasteiger partial charge in [0.1, 0.15) is 19.7 Å². The molecule has 5 nitrogen and oxygen atoms in total. The van der Waals surface area contributed by atoms with E-state index in [2.05, 4.69) is 12.2 Å². The monoisotopic (exact) mass is 261 g/mol. The summed E-state index contributed by atoms with van der Waals surface area (Å²) >= 11 is 0. The van der Waals surface area contributed by atoms with Crippen molar-refractivity contribution >= 4 is 5.97 Å². The van der Waals surface area contributed by atoms with Gasteiger partial charge in [0.2, 0.25) is 0 Å². The van der Waals surface area contributed by atoms with Gasteiger partial charge < -0.3 is 19.6 Å². The lowest BCUT2D eigenvalue weighted by Gasteiger charge is -2.36. The highest BCUT2D eigenvalue weighted by Crippen LogP contribution is 2.11. The van der Waals surface area contributed by atoms with Crippen molar-refractivity contribution in [1.82, 2.24) is 5.32 Å². The number of carbonyl (C=O) groups excluding carboxylic acids is 1. The highest BCUT2D eigenvalue weighted by Gasteiger charge is 2.30. The van der Waals surface area contributed by atoms with E-state index in [0.717, 1.165) is 37.2 Å². The molecule has 1 rings (SSSR count). The second-order valence-corrected chi connectivity index (χ2v) is 4.28. The van der Waals surface area contributed by atoms with E-state index >= 15 is 0 Å². The first kappa shape index (κ1) is 17.4. The molecule has 1 saturated heterocycles. The molecule has 1 heterocycles. The zero-order valence-corrected chi connectivity index (χ0v) is 12.1. The molecule has 1 aliphatic rings. The Labute approximate surface area is 111 Å². The number of aliphatic hydroxyl groups excluding tert-OH is 1. The van der Waals surface area contributed by atoms with Crippen LogP contribution in [-0.4, -0.2) is 68.0 Å². The molecule has 1 fully saturated rings. The summed E-state index contributed by atoms with van der Waals surface area (Å²) in [6, 6.07) is 0. The molecule has 2 N–H and O–H groups in total. The molecular formula is C13H29N2O3+. The number of esters is 1. The minimum atomic E-state index is -0.110. The second kappa shape index (κ2) is 10.3. The van der Waals surface area contributed by atoms with Crippen LogP contribution in [0.4, 0.5) is 0 Å². The number of hydrogen-bond donors (Lipinski definition) is 2. The van der Waals surface area contributed by atoms with Gasteiger partial charge in [-0.25, -0.2) is 0 Å². The van der Waals surface area contributed by atoms with E-state index in [1.807, 2.05) is 13.8 Å². The molecule has 1 aliphatic heterocycles. The van der Waals surface area contributed by atoms with Crippen molar-refractivity contribution < 1.29 is 19.1 Å². The lowest BCUT2D eigenvalue weighted by Crippen LogP contribution is -2.54. The maximum atomic E-state index is 11.2. The van der Waals surface area contributed by atoms with Crippen LogP contribution in [0.15, 0.2) is 0 Å². The van der Waals surface area contributed by atoms with Gasteiger partial charge in [0, 0.05) is 6.54 Å². The predicted octanol–water partition coefficient (Wildman–Crippen LogP) is 0.378. The Morgan fingerprint density at radius 2 is 2.06 bits per heavy atom. The number of hydrogen-bond acceptors (Lipinski definition) is 4. The Hall–Kier alpha value is -0.650. The molecule has 1 unspecified atom stereocenters. The number of quaternary nitrogens is 1. The van der Waals surface area contributed by atoms with Crippen molar-refractivity contribution in [1.29, 1.82) is 0 Å². The summed E-state index contributed by atoms with van der Waals surface area (Å²) in [5.74, 6) is -0.110. The second-order valence-electron chi connectivity index (χ2n) is 4.28. The van der Waals surface area contributed by atoms with Gasteiger partial charge in [-0.2, -0.15) is 0 Å². The Morgan fingerprint density at radius 1 is 1.33 bits per heavy atom. The van der Waals surface area contributed by atoms with E-state index in [4.69, 9.17) is 9.84 Å². The summed E-state index contributed by atoms with van der Waals surface area (Å²) in [4.78, 5) is 11.2. The van der Waals surface area contributed by atoms with Crippen LogP contribution in [-0.2, 0) is 9.53 Å². The molecular weight excluding hydrogens is 232 g/mol. The Balaban J connectivity index is 0.00000137. The van der Waals surface area contributed by atoms with Crippen LogP contribution in [0.25, 0.3) is 0 Å². The van der Waals surface area contributed by atoms with Gasteiger partial charge in [0.05, 0.1) is 26.1 Å². The average molecular weight is 261 g/mol. The van der Waals surface area contributed by atoms with E-state index in [0.29, 0.717) is 19.6 Å². The fraction of sp³-hybridized carbons (Fsp3) is 0.923. The molecule has 0 amide bonds. The molecule has 108 valence electrons. The fourth-order valence-corrected chi connectivity index (χ4v) is 2.13. The molecule has 1 atom stereocenters. The maximum absolute atomic E-state index is 11.2. The van der Waals surface area contributed by atoms with Gasteiger partial charge in [0.15, 0.2) is 0 Å². The Morgan fingerprint density at radius 3 is 2.67 bits per heavy atom. The predicted molar refractivity (Wildman–Crippen MR) is 72.3 cm³/mol. The number of ether oxygens (including phenoxy) is 1. The van der Waals surface area contributed by atoms with Gasteiger partial charge in [0.25, 0.3) is 0 Å². The highest BCUT2D eigenvalue weighted by molar-refractivity contribution is 5.69. The van der Waals surface area contributed by atoms with Gasteiger partial charge in [-0.15, -0.1) is 0 Å². The number of nitrogens with one attached hydrogen (secondary N) is 1. The molecule has 0 aliphatic carbocycles. The third-order valence-corrected chi connectivity index (χ3v) is 3.21. The highest BCUT2D eigenvalue weighted by atomic mass is 16.5. The van der Waals surface area contributed by atoms with E-state index in [1.165, 1.54) is 0 Å². The van der Waals surface area contributed by atoms with E-state index in [1.54, 1.807) is 0 Å². The molecule has 0 spiro atoms.